The fourth-order valence-electron chi connectivity index (χ4n) is 1.42. The number of hydrogen-bond acceptors (Lipinski definition) is 1. The van der Waals surface area contributed by atoms with Gasteiger partial charge in [0, 0.05) is 6.20 Å². The summed E-state index contributed by atoms with van der Waals surface area (Å²) in [5.74, 6) is 0.249. The Kier molecular flexibility index (Phi) is 2.23. The number of hydrogen-bond donors (Lipinski definition) is 1. The minimum Gasteiger partial charge on any atom is -0.496 e. The number of halogens is 1. The molecule has 0 unspecified atom stereocenters. The lowest BCUT2D eigenvalue weighted by atomic mass is 10.1. The van der Waals surface area contributed by atoms with E-state index in [1.54, 1.807) is 24.4 Å². The molecule has 0 saturated carbocycles. The Labute approximate surface area is 81.3 Å². The lowest BCUT2D eigenvalue weighted by molar-refractivity contribution is 0.413. The fraction of sp³-hybridized carbons (Fsp3) is 0.0909. The summed E-state index contributed by atoms with van der Waals surface area (Å²) in [6.07, 6.45) is 1.75. The minimum atomic E-state index is -0.285. The van der Waals surface area contributed by atoms with Crippen LogP contribution in [0.1, 0.15) is 0 Å². The number of methoxy groups -OCH3 is 1. The zero-order valence-electron chi connectivity index (χ0n) is 7.75. The second-order valence-corrected chi connectivity index (χ2v) is 2.90. The maximum atomic E-state index is 13.5. The molecule has 3 heteroatoms. The van der Waals surface area contributed by atoms with Crippen LogP contribution in [0.4, 0.5) is 4.39 Å². The van der Waals surface area contributed by atoms with E-state index < -0.39 is 0 Å². The normalized spacial score (nSPS) is 10.1. The number of aromatic nitrogens is 1. The lowest BCUT2D eigenvalue weighted by Gasteiger charge is -2.07. The predicted octanol–water partition coefficient (Wildman–Crippen LogP) is 2.83. The zero-order chi connectivity index (χ0) is 9.97. The first-order valence-electron chi connectivity index (χ1n) is 4.29. The van der Waals surface area contributed by atoms with Crippen LogP contribution in [0.5, 0.6) is 5.75 Å². The van der Waals surface area contributed by atoms with E-state index in [-0.39, 0.29) is 5.82 Å². The lowest BCUT2D eigenvalue weighted by Crippen LogP contribution is -1.91. The van der Waals surface area contributed by atoms with E-state index in [0.29, 0.717) is 11.3 Å². The van der Waals surface area contributed by atoms with Gasteiger partial charge in [0.2, 0.25) is 0 Å². The van der Waals surface area contributed by atoms with E-state index >= 15 is 0 Å². The van der Waals surface area contributed by atoms with Crippen molar-refractivity contribution in [3.05, 3.63) is 42.3 Å². The second-order valence-electron chi connectivity index (χ2n) is 2.90. The van der Waals surface area contributed by atoms with E-state index in [1.165, 1.54) is 13.2 Å². The monoisotopic (exact) mass is 191 g/mol. The van der Waals surface area contributed by atoms with Crippen molar-refractivity contribution in [2.45, 2.75) is 0 Å². The molecule has 0 aliphatic rings. The molecule has 0 aliphatic carbocycles. The standard InChI is InChI=1S/C11H10FNO/c1-14-10-6-2-4-8(12)11(10)9-5-3-7-13-9/h2-7,13H,1H3. The molecule has 14 heavy (non-hydrogen) atoms. The highest BCUT2D eigenvalue weighted by atomic mass is 19.1. The van der Waals surface area contributed by atoms with Crippen molar-refractivity contribution in [2.75, 3.05) is 7.11 Å². The molecule has 2 nitrogen and oxygen atoms in total. The van der Waals surface area contributed by atoms with Gasteiger partial charge < -0.3 is 9.72 Å². The van der Waals surface area contributed by atoms with Crippen molar-refractivity contribution in [2.24, 2.45) is 0 Å². The van der Waals surface area contributed by atoms with Gasteiger partial charge in [-0.1, -0.05) is 6.07 Å². The second kappa shape index (κ2) is 3.54. The Balaban J connectivity index is 2.61. The first-order chi connectivity index (χ1) is 6.83. The molecule has 1 aromatic carbocycles. The number of rotatable bonds is 2. The van der Waals surface area contributed by atoms with Crippen LogP contribution < -0.4 is 4.74 Å². The van der Waals surface area contributed by atoms with Crippen LogP contribution in [-0.2, 0) is 0 Å². The van der Waals surface area contributed by atoms with Gasteiger partial charge in [-0.05, 0) is 24.3 Å². The number of ether oxygens (including phenoxy) is 1. The maximum Gasteiger partial charge on any atom is 0.136 e. The molecule has 0 radical (unpaired) electrons. The summed E-state index contributed by atoms with van der Waals surface area (Å²) in [6, 6.07) is 8.40. The van der Waals surface area contributed by atoms with Gasteiger partial charge in [-0.15, -0.1) is 0 Å². The Morgan fingerprint density at radius 2 is 2.07 bits per heavy atom. The average Bonchev–Trinajstić information content (AvgIpc) is 2.70. The van der Waals surface area contributed by atoms with E-state index in [9.17, 15) is 4.39 Å². The van der Waals surface area contributed by atoms with E-state index in [4.69, 9.17) is 4.74 Å². The number of benzene rings is 1. The average molecular weight is 191 g/mol. The summed E-state index contributed by atoms with van der Waals surface area (Å²) in [6.45, 7) is 0. The third kappa shape index (κ3) is 1.37. The molecule has 72 valence electrons. The van der Waals surface area contributed by atoms with E-state index in [1.807, 2.05) is 6.07 Å². The van der Waals surface area contributed by atoms with Gasteiger partial charge in [0.15, 0.2) is 0 Å². The number of nitrogens with one attached hydrogen (secondary N) is 1. The van der Waals surface area contributed by atoms with Crippen molar-refractivity contribution in [3.8, 4) is 17.0 Å². The van der Waals surface area contributed by atoms with Crippen molar-refractivity contribution >= 4 is 0 Å². The molecule has 2 rings (SSSR count). The van der Waals surface area contributed by atoms with Crippen LogP contribution in [0.3, 0.4) is 0 Å². The molecule has 0 saturated heterocycles. The topological polar surface area (TPSA) is 25.0 Å². The van der Waals surface area contributed by atoms with Gasteiger partial charge in [-0.25, -0.2) is 4.39 Å². The Morgan fingerprint density at radius 1 is 1.21 bits per heavy atom. The Morgan fingerprint density at radius 3 is 2.71 bits per heavy atom. The van der Waals surface area contributed by atoms with Gasteiger partial charge in [-0.3, -0.25) is 0 Å². The van der Waals surface area contributed by atoms with E-state index in [0.717, 1.165) is 5.69 Å². The molecule has 0 atom stereocenters. The van der Waals surface area contributed by atoms with Gasteiger partial charge in [0.05, 0.1) is 18.4 Å². The maximum absolute atomic E-state index is 13.5. The third-order valence-corrected chi connectivity index (χ3v) is 2.06. The molecule has 0 fully saturated rings. The summed E-state index contributed by atoms with van der Waals surface area (Å²) in [7, 11) is 1.53. The zero-order valence-corrected chi connectivity index (χ0v) is 7.75. The summed E-state index contributed by atoms with van der Waals surface area (Å²) in [5, 5.41) is 0. The third-order valence-electron chi connectivity index (χ3n) is 2.06. The van der Waals surface area contributed by atoms with Gasteiger partial charge >= 0.3 is 0 Å². The van der Waals surface area contributed by atoms with Crippen LogP contribution in [-0.4, -0.2) is 12.1 Å². The molecule has 2 aromatic rings. The molecule has 0 spiro atoms. The summed E-state index contributed by atoms with van der Waals surface area (Å²) in [4.78, 5) is 2.95. The Hall–Kier alpha value is -1.77. The Bertz CT molecular complexity index is 423. The van der Waals surface area contributed by atoms with Crippen molar-refractivity contribution in [3.63, 3.8) is 0 Å². The van der Waals surface area contributed by atoms with Gasteiger partial charge in [-0.2, -0.15) is 0 Å². The minimum absolute atomic E-state index is 0.285. The summed E-state index contributed by atoms with van der Waals surface area (Å²) in [5.41, 5.74) is 1.19. The molecule has 1 aromatic heterocycles. The molecule has 1 heterocycles. The summed E-state index contributed by atoms with van der Waals surface area (Å²) < 4.78 is 18.6. The molecular weight excluding hydrogens is 181 g/mol. The highest BCUT2D eigenvalue weighted by molar-refractivity contribution is 5.67. The van der Waals surface area contributed by atoms with Crippen molar-refractivity contribution < 1.29 is 9.13 Å². The molecule has 1 N–H and O–H groups in total. The van der Waals surface area contributed by atoms with Crippen LogP contribution in [0.15, 0.2) is 36.5 Å². The van der Waals surface area contributed by atoms with Crippen molar-refractivity contribution in [1.29, 1.82) is 0 Å². The predicted molar refractivity (Wildman–Crippen MR) is 52.7 cm³/mol. The molecule has 0 aliphatic heterocycles. The van der Waals surface area contributed by atoms with E-state index in [2.05, 4.69) is 4.98 Å². The molecular formula is C11H10FNO. The SMILES string of the molecule is COc1cccc(F)c1-c1ccc[nH]1. The van der Waals surface area contributed by atoms with Crippen LogP contribution in [0.25, 0.3) is 11.3 Å². The highest BCUT2D eigenvalue weighted by Gasteiger charge is 2.11. The van der Waals surface area contributed by atoms with Crippen LogP contribution in [0.2, 0.25) is 0 Å². The highest BCUT2D eigenvalue weighted by Crippen LogP contribution is 2.30. The molecule has 0 bridgehead atoms. The van der Waals surface area contributed by atoms with Gasteiger partial charge in [0.25, 0.3) is 0 Å². The van der Waals surface area contributed by atoms with Crippen molar-refractivity contribution in [1.82, 2.24) is 4.98 Å². The molecule has 0 amide bonds. The number of aromatic amines is 1. The smallest absolute Gasteiger partial charge is 0.136 e. The van der Waals surface area contributed by atoms with Crippen LogP contribution in [0, 0.1) is 5.82 Å². The van der Waals surface area contributed by atoms with Gasteiger partial charge in [0.1, 0.15) is 11.6 Å². The first-order valence-corrected chi connectivity index (χ1v) is 4.29. The quantitative estimate of drug-likeness (QED) is 0.775. The summed E-state index contributed by atoms with van der Waals surface area (Å²) >= 11 is 0. The largest absolute Gasteiger partial charge is 0.496 e. The first kappa shape index (κ1) is 8.81. The number of H-pyrrole nitrogens is 1. The van der Waals surface area contributed by atoms with Crippen LogP contribution >= 0.6 is 0 Å². The fourth-order valence-corrected chi connectivity index (χ4v) is 1.42.